The van der Waals surface area contributed by atoms with Crippen molar-refractivity contribution < 1.29 is 13.9 Å². The van der Waals surface area contributed by atoms with Gasteiger partial charge in [-0.3, -0.25) is 0 Å². The topological polar surface area (TPSA) is 33.7 Å². The van der Waals surface area contributed by atoms with Crippen molar-refractivity contribution >= 4 is 17.3 Å². The first kappa shape index (κ1) is 17.5. The molecular weight excluding hydrogens is 339 g/mol. The van der Waals surface area contributed by atoms with Gasteiger partial charge in [-0.2, -0.15) is 0 Å². The van der Waals surface area contributed by atoms with E-state index in [2.05, 4.69) is 5.32 Å². The zero-order valence-electron chi connectivity index (χ0n) is 14.5. The molecule has 1 atom stereocenters. The van der Waals surface area contributed by atoms with Gasteiger partial charge < -0.3 is 19.7 Å². The van der Waals surface area contributed by atoms with Crippen molar-refractivity contribution in [2.75, 3.05) is 27.8 Å². The maximum Gasteiger partial charge on any atom is 0.169 e. The largest absolute Gasteiger partial charge is 0.493 e. The Labute approximate surface area is 152 Å². The number of fused-ring (bicyclic) bond motifs is 1. The van der Waals surface area contributed by atoms with Crippen LogP contribution in [-0.4, -0.2) is 37.8 Å². The summed E-state index contributed by atoms with van der Waals surface area (Å²) in [7, 11) is 5.00. The number of thiocarbonyl (C=S) groups is 1. The van der Waals surface area contributed by atoms with Crippen LogP contribution in [0.4, 0.5) is 4.39 Å². The molecule has 0 aromatic heterocycles. The van der Waals surface area contributed by atoms with Gasteiger partial charge in [0.25, 0.3) is 0 Å². The molecule has 1 N–H and O–H groups in total. The number of ether oxygens (including phenoxy) is 2. The third-order valence-electron chi connectivity index (χ3n) is 4.55. The van der Waals surface area contributed by atoms with E-state index in [1.54, 1.807) is 33.4 Å². The Balaban J connectivity index is 2.20. The van der Waals surface area contributed by atoms with Crippen LogP contribution in [0.5, 0.6) is 11.5 Å². The number of benzene rings is 2. The Morgan fingerprint density at radius 1 is 1.16 bits per heavy atom. The van der Waals surface area contributed by atoms with Gasteiger partial charge in [0, 0.05) is 19.2 Å². The minimum Gasteiger partial charge on any atom is -0.493 e. The summed E-state index contributed by atoms with van der Waals surface area (Å²) in [6, 6.07) is 10.4. The average molecular weight is 360 g/mol. The Morgan fingerprint density at radius 2 is 1.84 bits per heavy atom. The molecule has 0 unspecified atom stereocenters. The first-order chi connectivity index (χ1) is 12.1. The molecule has 1 heterocycles. The van der Waals surface area contributed by atoms with Crippen molar-refractivity contribution in [1.82, 2.24) is 10.2 Å². The Bertz CT molecular complexity index is 797. The maximum absolute atomic E-state index is 14.6. The summed E-state index contributed by atoms with van der Waals surface area (Å²) < 4.78 is 25.5. The summed E-state index contributed by atoms with van der Waals surface area (Å²) in [4.78, 5) is 2.02. The van der Waals surface area contributed by atoms with Crippen molar-refractivity contribution in [3.63, 3.8) is 0 Å². The number of halogens is 1. The molecule has 132 valence electrons. The van der Waals surface area contributed by atoms with Crippen LogP contribution in [0.2, 0.25) is 0 Å². The predicted molar refractivity (Wildman–Crippen MR) is 99.9 cm³/mol. The molecule has 2 aromatic carbocycles. The molecule has 0 radical (unpaired) electrons. The molecular formula is C19H21FN2O2S. The highest BCUT2D eigenvalue weighted by atomic mass is 32.1. The second kappa shape index (κ2) is 7.27. The van der Waals surface area contributed by atoms with E-state index in [0.717, 1.165) is 17.5 Å². The van der Waals surface area contributed by atoms with Crippen LogP contribution in [0.15, 0.2) is 36.4 Å². The quantitative estimate of drug-likeness (QED) is 0.850. The molecule has 2 aromatic rings. The molecule has 0 spiro atoms. The Hall–Kier alpha value is -2.34. The van der Waals surface area contributed by atoms with Gasteiger partial charge in [0.05, 0.1) is 20.3 Å². The van der Waals surface area contributed by atoms with Gasteiger partial charge in [0.2, 0.25) is 0 Å². The Morgan fingerprint density at radius 3 is 2.48 bits per heavy atom. The van der Waals surface area contributed by atoms with Crippen LogP contribution in [0.3, 0.4) is 0 Å². The molecule has 1 aliphatic rings. The third kappa shape index (κ3) is 3.14. The van der Waals surface area contributed by atoms with Crippen molar-refractivity contribution in [2.45, 2.75) is 12.5 Å². The van der Waals surface area contributed by atoms with E-state index in [1.165, 1.54) is 6.07 Å². The normalized spacial score (nSPS) is 16.2. The van der Waals surface area contributed by atoms with Crippen LogP contribution in [0.1, 0.15) is 22.7 Å². The zero-order valence-corrected chi connectivity index (χ0v) is 15.3. The lowest BCUT2D eigenvalue weighted by Gasteiger charge is -2.39. The van der Waals surface area contributed by atoms with Crippen molar-refractivity contribution in [3.8, 4) is 11.5 Å². The standard InChI is InChI=1S/C19H21FN2O2S/c1-21-19(25)22-9-8-12-10-16(23-2)17(24-3)11-14(12)18(22)13-6-4-5-7-15(13)20/h4-7,10-11,18H,8-9H2,1-3H3,(H,21,25)/t18-/m0/s1. The lowest BCUT2D eigenvalue weighted by molar-refractivity contribution is 0.320. The van der Waals surface area contributed by atoms with Crippen molar-refractivity contribution in [1.29, 1.82) is 0 Å². The van der Waals surface area contributed by atoms with Gasteiger partial charge in [-0.15, -0.1) is 0 Å². The molecule has 3 rings (SSSR count). The highest BCUT2D eigenvalue weighted by Gasteiger charge is 2.33. The molecule has 25 heavy (non-hydrogen) atoms. The summed E-state index contributed by atoms with van der Waals surface area (Å²) in [6.07, 6.45) is 0.794. The third-order valence-corrected chi connectivity index (χ3v) is 4.99. The number of nitrogens with zero attached hydrogens (tertiary/aromatic N) is 1. The fourth-order valence-corrected chi connectivity index (χ4v) is 3.54. The molecule has 0 saturated heterocycles. The SMILES string of the molecule is CNC(=S)N1CCc2cc(OC)c(OC)cc2[C@@H]1c1ccccc1F. The van der Waals surface area contributed by atoms with Crippen molar-refractivity contribution in [2.24, 2.45) is 0 Å². The van der Waals surface area contributed by atoms with Gasteiger partial charge in [0.1, 0.15) is 5.82 Å². The molecule has 0 fully saturated rings. The van der Waals surface area contributed by atoms with Gasteiger partial charge >= 0.3 is 0 Å². The van der Waals surface area contributed by atoms with E-state index in [1.807, 2.05) is 23.1 Å². The first-order valence-electron chi connectivity index (χ1n) is 8.08. The van der Waals surface area contributed by atoms with E-state index in [0.29, 0.717) is 28.7 Å². The highest BCUT2D eigenvalue weighted by molar-refractivity contribution is 7.80. The van der Waals surface area contributed by atoms with Crippen LogP contribution in [0, 0.1) is 5.82 Å². The molecule has 4 nitrogen and oxygen atoms in total. The van der Waals surface area contributed by atoms with Crippen molar-refractivity contribution in [3.05, 3.63) is 58.9 Å². The average Bonchev–Trinajstić information content (AvgIpc) is 2.65. The second-order valence-electron chi connectivity index (χ2n) is 5.83. The number of methoxy groups -OCH3 is 2. The minimum atomic E-state index is -0.315. The fourth-order valence-electron chi connectivity index (χ4n) is 3.34. The monoisotopic (exact) mass is 360 g/mol. The summed E-state index contributed by atoms with van der Waals surface area (Å²) in [6.45, 7) is 0.696. The number of hydrogen-bond acceptors (Lipinski definition) is 3. The van der Waals surface area contributed by atoms with Gasteiger partial charge in [-0.1, -0.05) is 18.2 Å². The van der Waals surface area contributed by atoms with Crippen LogP contribution < -0.4 is 14.8 Å². The molecule has 0 bridgehead atoms. The van der Waals surface area contributed by atoms with Crippen LogP contribution in [-0.2, 0) is 6.42 Å². The van der Waals surface area contributed by atoms with E-state index in [-0.39, 0.29) is 11.9 Å². The smallest absolute Gasteiger partial charge is 0.169 e. The summed E-state index contributed by atoms with van der Waals surface area (Å²) in [5.74, 6) is 1.05. The van der Waals surface area contributed by atoms with Gasteiger partial charge in [-0.05, 0) is 48.0 Å². The lowest BCUT2D eigenvalue weighted by atomic mass is 9.87. The van der Waals surface area contributed by atoms with Gasteiger partial charge in [0.15, 0.2) is 16.6 Å². The second-order valence-corrected chi connectivity index (χ2v) is 6.22. The summed E-state index contributed by atoms with van der Waals surface area (Å²) in [5, 5.41) is 3.61. The molecule has 0 saturated carbocycles. The predicted octanol–water partition coefficient (Wildman–Crippen LogP) is 3.29. The van der Waals surface area contributed by atoms with Gasteiger partial charge in [-0.25, -0.2) is 4.39 Å². The Kier molecular flexibility index (Phi) is 5.08. The van der Waals surface area contributed by atoms with Crippen LogP contribution >= 0.6 is 12.2 Å². The van der Waals surface area contributed by atoms with Crippen LogP contribution in [0.25, 0.3) is 0 Å². The van der Waals surface area contributed by atoms with E-state index in [4.69, 9.17) is 21.7 Å². The van der Waals surface area contributed by atoms with E-state index < -0.39 is 0 Å². The molecule has 0 aliphatic carbocycles. The summed E-state index contributed by atoms with van der Waals surface area (Å²) in [5.41, 5.74) is 2.68. The number of rotatable bonds is 3. The van der Waals surface area contributed by atoms with E-state index in [9.17, 15) is 4.39 Å². The first-order valence-corrected chi connectivity index (χ1v) is 8.49. The molecule has 1 aliphatic heterocycles. The molecule has 0 amide bonds. The summed E-state index contributed by atoms with van der Waals surface area (Å²) >= 11 is 5.47. The number of nitrogens with one attached hydrogen (secondary N) is 1. The highest BCUT2D eigenvalue weighted by Crippen LogP contribution is 2.41. The fraction of sp³-hybridized carbons (Fsp3) is 0.316. The lowest BCUT2D eigenvalue weighted by Crippen LogP contribution is -2.45. The number of hydrogen-bond donors (Lipinski definition) is 1. The minimum absolute atomic E-state index is 0.251. The maximum atomic E-state index is 14.6. The molecule has 6 heteroatoms. The van der Waals surface area contributed by atoms with E-state index >= 15 is 0 Å². The zero-order chi connectivity index (χ0) is 18.0.